The van der Waals surface area contributed by atoms with E-state index in [2.05, 4.69) is 4.72 Å². The van der Waals surface area contributed by atoms with Crippen molar-refractivity contribution < 1.29 is 12.8 Å². The van der Waals surface area contributed by atoms with Crippen LogP contribution in [0.1, 0.15) is 13.3 Å². The summed E-state index contributed by atoms with van der Waals surface area (Å²) < 4.78 is 38.3. The lowest BCUT2D eigenvalue weighted by Gasteiger charge is -2.05. The lowest BCUT2D eigenvalue weighted by Crippen LogP contribution is -2.24. The minimum absolute atomic E-state index is 0.0619. The summed E-state index contributed by atoms with van der Waals surface area (Å²) in [6.07, 6.45) is 0.669. The summed E-state index contributed by atoms with van der Waals surface area (Å²) in [6, 6.07) is 3.20. The van der Waals surface area contributed by atoms with Crippen molar-refractivity contribution in [3.8, 4) is 0 Å². The molecule has 0 amide bonds. The predicted molar refractivity (Wildman–Crippen MR) is 56.9 cm³/mol. The Hall–Kier alpha value is -0.650. The molecule has 0 spiro atoms. The van der Waals surface area contributed by atoms with Gasteiger partial charge in [0.25, 0.3) is 0 Å². The molecule has 1 aromatic carbocycles. The highest BCUT2D eigenvalue weighted by molar-refractivity contribution is 7.89. The van der Waals surface area contributed by atoms with Gasteiger partial charge >= 0.3 is 0 Å². The molecule has 0 heterocycles. The number of rotatable bonds is 4. The Morgan fingerprint density at radius 3 is 2.60 bits per heavy atom. The summed E-state index contributed by atoms with van der Waals surface area (Å²) in [4.78, 5) is -0.152. The molecule has 0 unspecified atom stereocenters. The maximum absolute atomic E-state index is 12.9. The maximum Gasteiger partial charge on any atom is 0.240 e. The van der Waals surface area contributed by atoms with Crippen molar-refractivity contribution >= 4 is 21.6 Å². The second-order valence-corrected chi connectivity index (χ2v) is 5.21. The third-order valence-electron chi connectivity index (χ3n) is 1.69. The van der Waals surface area contributed by atoms with Crippen LogP contribution in [0.25, 0.3) is 0 Å². The highest BCUT2D eigenvalue weighted by Crippen LogP contribution is 2.17. The first-order valence-electron chi connectivity index (χ1n) is 4.41. The zero-order valence-corrected chi connectivity index (χ0v) is 9.70. The zero-order chi connectivity index (χ0) is 11.5. The molecule has 0 aliphatic rings. The molecule has 0 saturated carbocycles. The first-order chi connectivity index (χ1) is 6.95. The Morgan fingerprint density at radius 2 is 2.07 bits per heavy atom. The van der Waals surface area contributed by atoms with Gasteiger partial charge in [0, 0.05) is 11.6 Å². The van der Waals surface area contributed by atoms with Gasteiger partial charge in [-0.2, -0.15) is 0 Å². The van der Waals surface area contributed by atoms with Crippen molar-refractivity contribution in [1.29, 1.82) is 0 Å². The summed E-state index contributed by atoms with van der Waals surface area (Å²) >= 11 is 5.56. The van der Waals surface area contributed by atoms with E-state index in [1.165, 1.54) is 6.07 Å². The van der Waals surface area contributed by atoms with E-state index < -0.39 is 15.8 Å². The highest BCUT2D eigenvalue weighted by atomic mass is 35.5. The Labute approximate surface area is 93.3 Å². The summed E-state index contributed by atoms with van der Waals surface area (Å²) in [7, 11) is -3.64. The predicted octanol–water partition coefficient (Wildman–Crippen LogP) is 2.17. The van der Waals surface area contributed by atoms with Crippen LogP contribution in [0.3, 0.4) is 0 Å². The van der Waals surface area contributed by atoms with Gasteiger partial charge in [0.05, 0.1) is 4.90 Å². The molecule has 3 nitrogen and oxygen atoms in total. The zero-order valence-electron chi connectivity index (χ0n) is 8.13. The minimum atomic E-state index is -3.64. The van der Waals surface area contributed by atoms with E-state index in [-0.39, 0.29) is 9.92 Å². The van der Waals surface area contributed by atoms with Gasteiger partial charge in [-0.1, -0.05) is 18.5 Å². The number of benzene rings is 1. The van der Waals surface area contributed by atoms with Gasteiger partial charge in [-0.25, -0.2) is 17.5 Å². The third-order valence-corrected chi connectivity index (χ3v) is 3.35. The van der Waals surface area contributed by atoms with Gasteiger partial charge in [0.1, 0.15) is 5.82 Å². The molecule has 0 fully saturated rings. The van der Waals surface area contributed by atoms with Gasteiger partial charge in [-0.3, -0.25) is 0 Å². The Bertz CT molecular complexity index is 427. The van der Waals surface area contributed by atoms with E-state index in [0.717, 1.165) is 12.1 Å². The van der Waals surface area contributed by atoms with Gasteiger partial charge in [-0.05, 0) is 24.6 Å². The van der Waals surface area contributed by atoms with E-state index in [1.54, 1.807) is 0 Å². The van der Waals surface area contributed by atoms with Crippen molar-refractivity contribution in [3.63, 3.8) is 0 Å². The van der Waals surface area contributed by atoms with Crippen molar-refractivity contribution in [2.45, 2.75) is 18.2 Å². The van der Waals surface area contributed by atoms with Gasteiger partial charge in [-0.15, -0.1) is 0 Å². The summed E-state index contributed by atoms with van der Waals surface area (Å²) in [5.41, 5.74) is 0. The molecular formula is C9H11ClFNO2S. The van der Waals surface area contributed by atoms with Crippen LogP contribution in [-0.4, -0.2) is 15.0 Å². The Kier molecular flexibility index (Phi) is 4.07. The number of halogens is 2. The molecule has 15 heavy (non-hydrogen) atoms. The Balaban J connectivity index is 3.04. The third kappa shape index (κ3) is 3.44. The molecule has 6 heteroatoms. The van der Waals surface area contributed by atoms with E-state index >= 15 is 0 Å². The summed E-state index contributed by atoms with van der Waals surface area (Å²) in [5.74, 6) is -0.667. The number of sulfonamides is 1. The standard InChI is InChI=1S/C9H11ClFNO2S/c1-2-3-12-15(13,14)9-5-7(10)4-8(11)6-9/h4-6,12H,2-3H2,1H3. The fourth-order valence-corrected chi connectivity index (χ4v) is 2.48. The SMILES string of the molecule is CCCNS(=O)(=O)c1cc(F)cc(Cl)c1. The number of hydrogen-bond acceptors (Lipinski definition) is 2. The molecule has 0 aliphatic heterocycles. The molecule has 0 saturated heterocycles. The van der Waals surface area contributed by atoms with E-state index in [9.17, 15) is 12.8 Å². The van der Waals surface area contributed by atoms with Crippen molar-refractivity contribution in [1.82, 2.24) is 4.72 Å². The van der Waals surface area contributed by atoms with Crippen LogP contribution in [0.2, 0.25) is 5.02 Å². The summed E-state index contributed by atoms with van der Waals surface area (Å²) in [6.45, 7) is 2.15. The molecule has 0 aromatic heterocycles. The second-order valence-electron chi connectivity index (χ2n) is 3.00. The molecule has 0 bridgehead atoms. The maximum atomic E-state index is 12.9. The lowest BCUT2D eigenvalue weighted by atomic mass is 10.3. The first kappa shape index (κ1) is 12.4. The van der Waals surface area contributed by atoms with Crippen molar-refractivity contribution in [2.75, 3.05) is 6.54 Å². The van der Waals surface area contributed by atoms with Crippen molar-refractivity contribution in [2.24, 2.45) is 0 Å². The largest absolute Gasteiger partial charge is 0.240 e. The normalized spacial score (nSPS) is 11.7. The van der Waals surface area contributed by atoms with Crippen molar-refractivity contribution in [3.05, 3.63) is 29.0 Å². The average molecular weight is 252 g/mol. The molecule has 0 aliphatic carbocycles. The topological polar surface area (TPSA) is 46.2 Å². The van der Waals surface area contributed by atoms with Crippen LogP contribution < -0.4 is 4.72 Å². The average Bonchev–Trinajstić information content (AvgIpc) is 2.13. The molecule has 1 N–H and O–H groups in total. The van der Waals surface area contributed by atoms with Crippen LogP contribution >= 0.6 is 11.6 Å². The fourth-order valence-electron chi connectivity index (χ4n) is 1.00. The molecule has 0 atom stereocenters. The monoisotopic (exact) mass is 251 g/mol. The van der Waals surface area contributed by atoms with Crippen LogP contribution in [0.5, 0.6) is 0 Å². The quantitative estimate of drug-likeness (QED) is 0.892. The molecular weight excluding hydrogens is 241 g/mol. The van der Waals surface area contributed by atoms with Crippen LogP contribution in [0.4, 0.5) is 4.39 Å². The molecule has 84 valence electrons. The van der Waals surface area contributed by atoms with Crippen LogP contribution in [0.15, 0.2) is 23.1 Å². The fraction of sp³-hybridized carbons (Fsp3) is 0.333. The van der Waals surface area contributed by atoms with Crippen LogP contribution in [0, 0.1) is 5.82 Å². The molecule has 1 rings (SSSR count). The van der Waals surface area contributed by atoms with Crippen LogP contribution in [-0.2, 0) is 10.0 Å². The number of hydrogen-bond donors (Lipinski definition) is 1. The highest BCUT2D eigenvalue weighted by Gasteiger charge is 2.14. The molecule has 1 aromatic rings. The molecule has 0 radical (unpaired) electrons. The van der Waals surface area contributed by atoms with E-state index in [1.807, 2.05) is 6.92 Å². The Morgan fingerprint density at radius 1 is 1.40 bits per heavy atom. The van der Waals surface area contributed by atoms with Gasteiger partial charge < -0.3 is 0 Å². The van der Waals surface area contributed by atoms with Gasteiger partial charge in [0.2, 0.25) is 10.0 Å². The second kappa shape index (κ2) is 4.92. The first-order valence-corrected chi connectivity index (χ1v) is 6.27. The number of nitrogens with one attached hydrogen (secondary N) is 1. The lowest BCUT2D eigenvalue weighted by molar-refractivity contribution is 0.577. The summed E-state index contributed by atoms with van der Waals surface area (Å²) in [5, 5.41) is 0.0619. The van der Waals surface area contributed by atoms with Gasteiger partial charge in [0.15, 0.2) is 0 Å². The smallest absolute Gasteiger partial charge is 0.211 e. The minimum Gasteiger partial charge on any atom is -0.211 e. The van der Waals surface area contributed by atoms with E-state index in [0.29, 0.717) is 13.0 Å². The van der Waals surface area contributed by atoms with E-state index in [4.69, 9.17) is 11.6 Å².